The standard InChI is InChI=1S/C17H25FN2O3/c1-11(2)16(19)17(21)20-8-6-13(7-9-20)23-14-5-4-12(18)10-15(14)22-3/h4-5,10-11,13,16H,6-9,19H2,1-3H3/t16-/m0/s1. The molecule has 6 heteroatoms. The summed E-state index contributed by atoms with van der Waals surface area (Å²) in [6.45, 7) is 5.12. The molecule has 0 radical (unpaired) electrons. The number of nitrogens with zero attached hydrogens (tertiary/aromatic N) is 1. The van der Waals surface area contributed by atoms with Gasteiger partial charge in [0.15, 0.2) is 11.5 Å². The van der Waals surface area contributed by atoms with Gasteiger partial charge in [0.1, 0.15) is 11.9 Å². The van der Waals surface area contributed by atoms with Gasteiger partial charge in [-0.3, -0.25) is 4.79 Å². The van der Waals surface area contributed by atoms with Gasteiger partial charge in [0, 0.05) is 32.0 Å². The Labute approximate surface area is 136 Å². The van der Waals surface area contributed by atoms with Gasteiger partial charge < -0.3 is 20.1 Å². The highest BCUT2D eigenvalue weighted by Gasteiger charge is 2.28. The first-order valence-corrected chi connectivity index (χ1v) is 7.97. The highest BCUT2D eigenvalue weighted by molar-refractivity contribution is 5.82. The third kappa shape index (κ3) is 4.34. The van der Waals surface area contributed by atoms with Crippen LogP contribution >= 0.6 is 0 Å². The lowest BCUT2D eigenvalue weighted by molar-refractivity contribution is -0.135. The molecule has 0 aliphatic carbocycles. The van der Waals surface area contributed by atoms with Crippen LogP contribution in [0.3, 0.4) is 0 Å². The van der Waals surface area contributed by atoms with Gasteiger partial charge in [-0.1, -0.05) is 13.8 Å². The molecule has 0 aromatic heterocycles. The average molecular weight is 324 g/mol. The Bertz CT molecular complexity index is 543. The van der Waals surface area contributed by atoms with E-state index in [1.807, 2.05) is 13.8 Å². The Hall–Kier alpha value is -1.82. The lowest BCUT2D eigenvalue weighted by atomic mass is 10.0. The van der Waals surface area contributed by atoms with Crippen LogP contribution in [0.1, 0.15) is 26.7 Å². The van der Waals surface area contributed by atoms with Crippen molar-refractivity contribution in [2.75, 3.05) is 20.2 Å². The quantitative estimate of drug-likeness (QED) is 0.902. The molecule has 1 aromatic carbocycles. The van der Waals surface area contributed by atoms with Crippen molar-refractivity contribution in [3.63, 3.8) is 0 Å². The molecule has 2 N–H and O–H groups in total. The normalized spacial score (nSPS) is 17.2. The number of carbonyl (C=O) groups excluding carboxylic acids is 1. The number of hydrogen-bond donors (Lipinski definition) is 1. The van der Waals surface area contributed by atoms with Crippen molar-refractivity contribution < 1.29 is 18.7 Å². The number of likely N-dealkylation sites (tertiary alicyclic amines) is 1. The van der Waals surface area contributed by atoms with E-state index in [0.717, 1.165) is 12.8 Å². The van der Waals surface area contributed by atoms with Gasteiger partial charge in [-0.25, -0.2) is 4.39 Å². The first-order valence-electron chi connectivity index (χ1n) is 7.97. The fourth-order valence-electron chi connectivity index (χ4n) is 2.61. The number of benzene rings is 1. The van der Waals surface area contributed by atoms with Crippen LogP contribution in [0.15, 0.2) is 18.2 Å². The van der Waals surface area contributed by atoms with Gasteiger partial charge in [0.2, 0.25) is 5.91 Å². The van der Waals surface area contributed by atoms with E-state index in [9.17, 15) is 9.18 Å². The monoisotopic (exact) mass is 324 g/mol. The summed E-state index contributed by atoms with van der Waals surface area (Å²) in [6, 6.07) is 3.76. The number of halogens is 1. The first-order chi connectivity index (χ1) is 10.9. The highest BCUT2D eigenvalue weighted by atomic mass is 19.1. The number of piperidine rings is 1. The van der Waals surface area contributed by atoms with Gasteiger partial charge in [-0.05, 0) is 18.1 Å². The maximum atomic E-state index is 13.2. The molecule has 1 atom stereocenters. The van der Waals surface area contributed by atoms with E-state index in [1.54, 1.807) is 11.0 Å². The van der Waals surface area contributed by atoms with E-state index in [-0.39, 0.29) is 23.7 Å². The molecule has 5 nitrogen and oxygen atoms in total. The van der Waals surface area contributed by atoms with Gasteiger partial charge in [0.05, 0.1) is 13.2 Å². The highest BCUT2D eigenvalue weighted by Crippen LogP contribution is 2.30. The van der Waals surface area contributed by atoms with Crippen LogP contribution in [0.2, 0.25) is 0 Å². The second kappa shape index (κ2) is 7.64. The summed E-state index contributed by atoms with van der Waals surface area (Å²) in [5.74, 6) is 0.665. The number of hydrogen-bond acceptors (Lipinski definition) is 4. The number of ether oxygens (including phenoxy) is 2. The van der Waals surface area contributed by atoms with E-state index < -0.39 is 6.04 Å². The topological polar surface area (TPSA) is 64.8 Å². The molecule has 2 rings (SSSR count). The minimum absolute atomic E-state index is 0.00203. The summed E-state index contributed by atoms with van der Waals surface area (Å²) in [4.78, 5) is 14.0. The maximum Gasteiger partial charge on any atom is 0.239 e. The zero-order chi connectivity index (χ0) is 17.0. The lowest BCUT2D eigenvalue weighted by Crippen LogP contribution is -2.50. The molecular formula is C17H25FN2O3. The number of carbonyl (C=O) groups is 1. The predicted octanol–water partition coefficient (Wildman–Crippen LogP) is 2.19. The summed E-state index contributed by atoms with van der Waals surface area (Å²) in [7, 11) is 1.48. The summed E-state index contributed by atoms with van der Waals surface area (Å²) in [5.41, 5.74) is 5.93. The average Bonchev–Trinajstić information content (AvgIpc) is 2.55. The Morgan fingerprint density at radius 2 is 1.96 bits per heavy atom. The lowest BCUT2D eigenvalue weighted by Gasteiger charge is -2.34. The number of methoxy groups -OCH3 is 1. The third-order valence-electron chi connectivity index (χ3n) is 4.18. The molecule has 0 bridgehead atoms. The predicted molar refractivity (Wildman–Crippen MR) is 86.0 cm³/mol. The van der Waals surface area contributed by atoms with E-state index >= 15 is 0 Å². The molecule has 128 valence electrons. The molecule has 1 saturated heterocycles. The molecule has 1 aliphatic heterocycles. The minimum Gasteiger partial charge on any atom is -0.493 e. The third-order valence-corrected chi connectivity index (χ3v) is 4.18. The number of rotatable bonds is 5. The van der Waals surface area contributed by atoms with Crippen LogP contribution < -0.4 is 15.2 Å². The molecule has 0 spiro atoms. The Morgan fingerprint density at radius 1 is 1.30 bits per heavy atom. The molecule has 1 amide bonds. The van der Waals surface area contributed by atoms with Gasteiger partial charge in [0.25, 0.3) is 0 Å². The van der Waals surface area contributed by atoms with Crippen LogP contribution in [0.5, 0.6) is 11.5 Å². The second-order valence-corrected chi connectivity index (χ2v) is 6.21. The van der Waals surface area contributed by atoms with Gasteiger partial charge in [-0.2, -0.15) is 0 Å². The van der Waals surface area contributed by atoms with Crippen LogP contribution in [0.25, 0.3) is 0 Å². The van der Waals surface area contributed by atoms with Crippen LogP contribution in [0, 0.1) is 11.7 Å². The van der Waals surface area contributed by atoms with E-state index in [2.05, 4.69) is 0 Å². The summed E-state index contributed by atoms with van der Waals surface area (Å²) < 4.78 is 24.2. The maximum absolute atomic E-state index is 13.2. The Kier molecular flexibility index (Phi) is 5.82. The zero-order valence-corrected chi connectivity index (χ0v) is 13.9. The summed E-state index contributed by atoms with van der Waals surface area (Å²) >= 11 is 0. The van der Waals surface area contributed by atoms with E-state index in [4.69, 9.17) is 15.2 Å². The van der Waals surface area contributed by atoms with Crippen LogP contribution in [-0.2, 0) is 4.79 Å². The van der Waals surface area contributed by atoms with Gasteiger partial charge in [-0.15, -0.1) is 0 Å². The fraction of sp³-hybridized carbons (Fsp3) is 0.588. The van der Waals surface area contributed by atoms with Crippen molar-refractivity contribution in [2.24, 2.45) is 11.7 Å². The SMILES string of the molecule is COc1cc(F)ccc1OC1CCN(C(=O)[C@@H](N)C(C)C)CC1. The van der Waals surface area contributed by atoms with E-state index in [0.29, 0.717) is 24.6 Å². The van der Waals surface area contributed by atoms with Crippen molar-refractivity contribution in [3.05, 3.63) is 24.0 Å². The van der Waals surface area contributed by atoms with Crippen LogP contribution in [-0.4, -0.2) is 43.2 Å². The molecular weight excluding hydrogens is 299 g/mol. The molecule has 1 aromatic rings. The van der Waals surface area contributed by atoms with Crippen molar-refractivity contribution in [1.29, 1.82) is 0 Å². The molecule has 0 unspecified atom stereocenters. The van der Waals surface area contributed by atoms with Gasteiger partial charge >= 0.3 is 0 Å². The van der Waals surface area contributed by atoms with E-state index in [1.165, 1.54) is 19.2 Å². The largest absolute Gasteiger partial charge is 0.493 e. The summed E-state index contributed by atoms with van der Waals surface area (Å²) in [6.07, 6.45) is 1.42. The zero-order valence-electron chi connectivity index (χ0n) is 13.9. The van der Waals surface area contributed by atoms with Crippen LogP contribution in [0.4, 0.5) is 4.39 Å². The first kappa shape index (κ1) is 17.5. The summed E-state index contributed by atoms with van der Waals surface area (Å²) in [5, 5.41) is 0. The van der Waals surface area contributed by atoms with Crippen molar-refractivity contribution in [1.82, 2.24) is 4.90 Å². The van der Waals surface area contributed by atoms with Crippen molar-refractivity contribution >= 4 is 5.91 Å². The fourth-order valence-corrected chi connectivity index (χ4v) is 2.61. The molecule has 23 heavy (non-hydrogen) atoms. The van der Waals surface area contributed by atoms with Crippen molar-refractivity contribution in [2.45, 2.75) is 38.8 Å². The molecule has 1 aliphatic rings. The second-order valence-electron chi connectivity index (χ2n) is 6.21. The Morgan fingerprint density at radius 3 is 2.52 bits per heavy atom. The minimum atomic E-state index is -0.454. The molecule has 1 heterocycles. The molecule has 1 fully saturated rings. The molecule has 0 saturated carbocycles. The number of amides is 1. The Balaban J connectivity index is 1.91. The van der Waals surface area contributed by atoms with Crippen molar-refractivity contribution in [3.8, 4) is 11.5 Å². The number of nitrogens with two attached hydrogens (primary N) is 1. The smallest absolute Gasteiger partial charge is 0.239 e.